The molecule has 2 rings (SSSR count). The molecule has 2 aromatic carbocycles. The van der Waals surface area contributed by atoms with Gasteiger partial charge in [-0.3, -0.25) is 4.79 Å². The largest absolute Gasteiger partial charge is 0.493 e. The van der Waals surface area contributed by atoms with Gasteiger partial charge in [0, 0.05) is 5.02 Å². The number of nitrogens with one attached hydrogen (secondary N) is 1. The van der Waals surface area contributed by atoms with Gasteiger partial charge in [0.1, 0.15) is 11.6 Å². The number of hydrogen-bond donors (Lipinski definition) is 1. The normalized spacial score (nSPS) is 10.8. The summed E-state index contributed by atoms with van der Waals surface area (Å²) in [6, 6.07) is 11.7. The third-order valence-electron chi connectivity index (χ3n) is 3.34. The van der Waals surface area contributed by atoms with Gasteiger partial charge in [-0.15, -0.1) is 0 Å². The van der Waals surface area contributed by atoms with Gasteiger partial charge >= 0.3 is 0 Å². The van der Waals surface area contributed by atoms with Crippen molar-refractivity contribution in [3.05, 3.63) is 57.6 Å². The fourth-order valence-corrected chi connectivity index (χ4v) is 2.60. The van der Waals surface area contributed by atoms with E-state index in [0.29, 0.717) is 34.4 Å². The molecule has 0 unspecified atom stereocenters. The first-order valence-electron chi connectivity index (χ1n) is 7.67. The van der Waals surface area contributed by atoms with Crippen molar-refractivity contribution in [2.45, 2.75) is 6.92 Å². The van der Waals surface area contributed by atoms with E-state index in [0.717, 1.165) is 0 Å². The monoisotopic (exact) mass is 390 g/mol. The number of halogens is 2. The summed E-state index contributed by atoms with van der Waals surface area (Å²) in [6.07, 6.45) is 1.46. The molecule has 0 atom stereocenters. The van der Waals surface area contributed by atoms with Crippen LogP contribution in [0.4, 0.5) is 5.69 Å². The molecule has 7 heteroatoms. The fourth-order valence-electron chi connectivity index (χ4n) is 2.15. The van der Waals surface area contributed by atoms with Crippen LogP contribution in [0.25, 0.3) is 6.08 Å². The van der Waals surface area contributed by atoms with Crippen molar-refractivity contribution in [3.63, 3.8) is 0 Å². The lowest BCUT2D eigenvalue weighted by Crippen LogP contribution is -2.13. The smallest absolute Gasteiger partial charge is 0.266 e. The topological polar surface area (TPSA) is 71.3 Å². The van der Waals surface area contributed by atoms with Crippen LogP contribution in [-0.4, -0.2) is 19.6 Å². The van der Waals surface area contributed by atoms with Gasteiger partial charge in [0.15, 0.2) is 11.5 Å². The Morgan fingerprint density at radius 2 is 2.00 bits per heavy atom. The summed E-state index contributed by atoms with van der Waals surface area (Å²) in [4.78, 5) is 12.4. The molecular formula is C19H16Cl2N2O3. The summed E-state index contributed by atoms with van der Waals surface area (Å²) in [5, 5.41) is 12.7. The SMILES string of the molecule is CCOc1cc(/C=C(\C#N)C(=O)Nc2ccc(Cl)cc2Cl)ccc1OC. The lowest BCUT2D eigenvalue weighted by molar-refractivity contribution is -0.112. The van der Waals surface area contributed by atoms with Gasteiger partial charge in [-0.1, -0.05) is 29.3 Å². The van der Waals surface area contributed by atoms with E-state index in [1.54, 1.807) is 30.3 Å². The third kappa shape index (κ3) is 4.92. The first kappa shape index (κ1) is 19.6. The quantitative estimate of drug-likeness (QED) is 0.559. The third-order valence-corrected chi connectivity index (χ3v) is 3.89. The fraction of sp³-hybridized carbons (Fsp3) is 0.158. The maximum Gasteiger partial charge on any atom is 0.266 e. The van der Waals surface area contributed by atoms with E-state index in [2.05, 4.69) is 5.32 Å². The minimum atomic E-state index is -0.578. The summed E-state index contributed by atoms with van der Waals surface area (Å²) in [5.41, 5.74) is 0.915. The van der Waals surface area contributed by atoms with Gasteiger partial charge < -0.3 is 14.8 Å². The summed E-state index contributed by atoms with van der Waals surface area (Å²) in [7, 11) is 1.54. The summed E-state index contributed by atoms with van der Waals surface area (Å²) >= 11 is 11.9. The number of rotatable bonds is 6. The lowest BCUT2D eigenvalue weighted by Gasteiger charge is -2.10. The highest BCUT2D eigenvalue weighted by Crippen LogP contribution is 2.29. The maximum absolute atomic E-state index is 12.4. The Morgan fingerprint density at radius 1 is 1.23 bits per heavy atom. The maximum atomic E-state index is 12.4. The molecule has 2 aromatic rings. The van der Waals surface area contributed by atoms with Crippen LogP contribution in [0.3, 0.4) is 0 Å². The van der Waals surface area contributed by atoms with Gasteiger partial charge in [0.25, 0.3) is 5.91 Å². The highest BCUT2D eigenvalue weighted by molar-refractivity contribution is 6.36. The molecule has 0 saturated heterocycles. The first-order valence-corrected chi connectivity index (χ1v) is 8.43. The average Bonchev–Trinajstić information content (AvgIpc) is 2.62. The van der Waals surface area contributed by atoms with Crippen LogP contribution in [0.15, 0.2) is 42.0 Å². The lowest BCUT2D eigenvalue weighted by atomic mass is 10.1. The number of anilines is 1. The zero-order valence-corrected chi connectivity index (χ0v) is 15.7. The standard InChI is InChI=1S/C19H16Cl2N2O3/c1-3-26-18-9-12(4-7-17(18)25-2)8-13(11-22)19(24)23-16-6-5-14(20)10-15(16)21/h4-10H,3H2,1-2H3,(H,23,24)/b13-8+. The van der Waals surface area contributed by atoms with Crippen LogP contribution in [0.1, 0.15) is 12.5 Å². The van der Waals surface area contributed by atoms with Crippen LogP contribution >= 0.6 is 23.2 Å². The van der Waals surface area contributed by atoms with E-state index < -0.39 is 5.91 Å². The minimum absolute atomic E-state index is 0.0800. The molecule has 1 N–H and O–H groups in total. The van der Waals surface area contributed by atoms with E-state index in [-0.39, 0.29) is 10.6 Å². The first-order chi connectivity index (χ1) is 12.5. The van der Waals surface area contributed by atoms with Crippen LogP contribution < -0.4 is 14.8 Å². The second kappa shape index (κ2) is 9.14. The number of hydrogen-bond acceptors (Lipinski definition) is 4. The van der Waals surface area contributed by atoms with Crippen LogP contribution in [0.5, 0.6) is 11.5 Å². The zero-order valence-electron chi connectivity index (χ0n) is 14.2. The van der Waals surface area contributed by atoms with Crippen LogP contribution in [-0.2, 0) is 4.79 Å². The van der Waals surface area contributed by atoms with Gasteiger partial charge in [0.05, 0.1) is 24.4 Å². The summed E-state index contributed by atoms with van der Waals surface area (Å²) < 4.78 is 10.7. The predicted octanol–water partition coefficient (Wildman–Crippen LogP) is 4.95. The predicted molar refractivity (Wildman–Crippen MR) is 103 cm³/mol. The Morgan fingerprint density at radius 3 is 2.62 bits per heavy atom. The Kier molecular flexibility index (Phi) is 6.90. The number of carbonyl (C=O) groups excluding carboxylic acids is 1. The second-order valence-electron chi connectivity index (χ2n) is 5.09. The molecular weight excluding hydrogens is 375 g/mol. The van der Waals surface area contributed by atoms with E-state index in [4.69, 9.17) is 32.7 Å². The molecule has 1 amide bonds. The average molecular weight is 391 g/mol. The molecule has 0 saturated carbocycles. The van der Waals surface area contributed by atoms with Gasteiger partial charge in [-0.2, -0.15) is 5.26 Å². The highest BCUT2D eigenvalue weighted by atomic mass is 35.5. The summed E-state index contributed by atoms with van der Waals surface area (Å²) in [5.74, 6) is 0.521. The zero-order chi connectivity index (χ0) is 19.1. The number of amides is 1. The minimum Gasteiger partial charge on any atom is -0.493 e. The molecule has 0 aromatic heterocycles. The van der Waals surface area contributed by atoms with Crippen molar-refractivity contribution in [2.75, 3.05) is 19.0 Å². The molecule has 0 fully saturated rings. The Labute approximate surface area is 161 Å². The number of benzene rings is 2. The van der Waals surface area contributed by atoms with E-state index in [1.165, 1.54) is 19.3 Å². The molecule has 0 spiro atoms. The van der Waals surface area contributed by atoms with Crippen LogP contribution in [0.2, 0.25) is 10.0 Å². The van der Waals surface area contributed by atoms with Crippen molar-refractivity contribution >= 4 is 40.9 Å². The molecule has 0 aliphatic rings. The molecule has 5 nitrogen and oxygen atoms in total. The molecule has 0 aliphatic carbocycles. The molecule has 0 radical (unpaired) electrons. The van der Waals surface area contributed by atoms with E-state index >= 15 is 0 Å². The van der Waals surface area contributed by atoms with Crippen molar-refractivity contribution in [1.82, 2.24) is 0 Å². The highest BCUT2D eigenvalue weighted by Gasteiger charge is 2.13. The van der Waals surface area contributed by atoms with Crippen molar-refractivity contribution in [3.8, 4) is 17.6 Å². The van der Waals surface area contributed by atoms with E-state index in [1.807, 2.05) is 13.0 Å². The number of nitriles is 1. The van der Waals surface area contributed by atoms with Crippen molar-refractivity contribution < 1.29 is 14.3 Å². The van der Waals surface area contributed by atoms with Gasteiger partial charge in [-0.25, -0.2) is 0 Å². The molecule has 134 valence electrons. The van der Waals surface area contributed by atoms with Gasteiger partial charge in [0.2, 0.25) is 0 Å². The van der Waals surface area contributed by atoms with Crippen LogP contribution in [0, 0.1) is 11.3 Å². The second-order valence-corrected chi connectivity index (χ2v) is 5.94. The number of carbonyl (C=O) groups is 1. The molecule has 26 heavy (non-hydrogen) atoms. The Balaban J connectivity index is 2.28. The molecule has 0 heterocycles. The van der Waals surface area contributed by atoms with E-state index in [9.17, 15) is 10.1 Å². The summed E-state index contributed by atoms with van der Waals surface area (Å²) in [6.45, 7) is 2.32. The Bertz CT molecular complexity index is 889. The van der Waals surface area contributed by atoms with Gasteiger partial charge in [-0.05, 0) is 48.9 Å². The Hall–Kier alpha value is -2.68. The number of nitrogens with zero attached hydrogens (tertiary/aromatic N) is 1. The number of ether oxygens (including phenoxy) is 2. The van der Waals surface area contributed by atoms with Crippen molar-refractivity contribution in [2.24, 2.45) is 0 Å². The van der Waals surface area contributed by atoms with Crippen molar-refractivity contribution in [1.29, 1.82) is 5.26 Å². The number of methoxy groups -OCH3 is 1. The molecule has 0 bridgehead atoms. The molecule has 0 aliphatic heterocycles.